The van der Waals surface area contributed by atoms with Crippen LogP contribution in [-0.2, 0) is 9.84 Å². The average molecular weight is 233 g/mol. The summed E-state index contributed by atoms with van der Waals surface area (Å²) in [4.78, 5) is 2.74. The molecule has 3 N–H and O–H groups in total. The lowest BCUT2D eigenvalue weighted by molar-refractivity contribution is 0.596. The van der Waals surface area contributed by atoms with Gasteiger partial charge >= 0.3 is 0 Å². The summed E-state index contributed by atoms with van der Waals surface area (Å²) in [5.74, 6) is -0.00468. The Bertz CT molecular complexity index is 472. The standard InChI is InChI=1S/C8H9ClN2O2S/c9-11-7-4-14(12,13)8-3-5(10)1-2-6(7)8/h1-3,7,11H,4,10H2. The molecular formula is C8H9ClN2O2S. The average Bonchev–Trinajstić information content (AvgIpc) is 2.38. The van der Waals surface area contributed by atoms with Crippen molar-refractivity contribution >= 4 is 27.3 Å². The predicted octanol–water partition coefficient (Wildman–Crippen LogP) is 0.841. The van der Waals surface area contributed by atoms with Gasteiger partial charge in [0.2, 0.25) is 0 Å². The Hall–Kier alpha value is -0.780. The van der Waals surface area contributed by atoms with Gasteiger partial charge in [0.05, 0.1) is 16.7 Å². The maximum Gasteiger partial charge on any atom is 0.180 e. The molecule has 0 amide bonds. The van der Waals surface area contributed by atoms with Gasteiger partial charge in [0, 0.05) is 5.69 Å². The molecule has 14 heavy (non-hydrogen) atoms. The summed E-state index contributed by atoms with van der Waals surface area (Å²) < 4.78 is 23.2. The molecule has 0 saturated carbocycles. The van der Waals surface area contributed by atoms with Gasteiger partial charge in [0.1, 0.15) is 0 Å². The van der Waals surface area contributed by atoms with Crippen molar-refractivity contribution in [2.45, 2.75) is 10.9 Å². The molecule has 4 nitrogen and oxygen atoms in total. The molecule has 1 unspecified atom stereocenters. The third-order valence-corrected chi connectivity index (χ3v) is 4.33. The van der Waals surface area contributed by atoms with Gasteiger partial charge in [-0.05, 0) is 29.5 Å². The Morgan fingerprint density at radius 3 is 2.86 bits per heavy atom. The first-order valence-electron chi connectivity index (χ1n) is 4.03. The molecule has 0 aromatic heterocycles. The van der Waals surface area contributed by atoms with Crippen LogP contribution in [0.4, 0.5) is 5.69 Å². The fourth-order valence-corrected chi connectivity index (χ4v) is 3.65. The van der Waals surface area contributed by atoms with Crippen LogP contribution in [-0.4, -0.2) is 14.2 Å². The summed E-state index contributed by atoms with van der Waals surface area (Å²) in [5, 5.41) is 0. The van der Waals surface area contributed by atoms with E-state index in [1.54, 1.807) is 12.1 Å². The molecule has 0 saturated heterocycles. The molecule has 1 aromatic carbocycles. The van der Waals surface area contributed by atoms with E-state index in [9.17, 15) is 8.42 Å². The number of hydrogen-bond donors (Lipinski definition) is 2. The lowest BCUT2D eigenvalue weighted by atomic mass is 10.1. The minimum absolute atomic E-state index is 0.00468. The molecule has 0 fully saturated rings. The smallest absolute Gasteiger partial charge is 0.180 e. The molecular weight excluding hydrogens is 224 g/mol. The molecule has 0 spiro atoms. The van der Waals surface area contributed by atoms with Gasteiger partial charge in [-0.15, -0.1) is 0 Å². The Morgan fingerprint density at radius 2 is 2.21 bits per heavy atom. The van der Waals surface area contributed by atoms with E-state index in [0.29, 0.717) is 11.3 Å². The Morgan fingerprint density at radius 1 is 1.50 bits per heavy atom. The van der Waals surface area contributed by atoms with Crippen molar-refractivity contribution in [1.82, 2.24) is 4.84 Å². The first-order chi connectivity index (χ1) is 6.54. The van der Waals surface area contributed by atoms with Crippen LogP contribution < -0.4 is 10.6 Å². The van der Waals surface area contributed by atoms with E-state index in [2.05, 4.69) is 4.84 Å². The van der Waals surface area contributed by atoms with Crippen LogP contribution >= 0.6 is 11.8 Å². The van der Waals surface area contributed by atoms with E-state index in [0.717, 1.165) is 0 Å². The SMILES string of the molecule is Nc1ccc2c(c1)S(=O)(=O)CC2NCl. The lowest BCUT2D eigenvalue weighted by Gasteiger charge is -2.05. The van der Waals surface area contributed by atoms with Crippen LogP contribution in [0, 0.1) is 0 Å². The van der Waals surface area contributed by atoms with Crippen molar-refractivity contribution in [2.75, 3.05) is 11.5 Å². The third-order valence-electron chi connectivity index (χ3n) is 2.27. The highest BCUT2D eigenvalue weighted by atomic mass is 35.5. The van der Waals surface area contributed by atoms with Crippen molar-refractivity contribution in [2.24, 2.45) is 0 Å². The number of nitrogens with two attached hydrogens (primary N) is 1. The number of nitrogen functional groups attached to an aromatic ring is 1. The summed E-state index contributed by atoms with van der Waals surface area (Å²) in [6.45, 7) is 0. The molecule has 1 heterocycles. The molecule has 76 valence electrons. The van der Waals surface area contributed by atoms with Gasteiger partial charge in [0.15, 0.2) is 9.84 Å². The van der Waals surface area contributed by atoms with Crippen LogP contribution in [0.5, 0.6) is 0 Å². The predicted molar refractivity (Wildman–Crippen MR) is 54.6 cm³/mol. The summed E-state index contributed by atoms with van der Waals surface area (Å²) in [5.41, 5.74) is 6.66. The summed E-state index contributed by atoms with van der Waals surface area (Å²) in [6, 6.07) is 4.49. The Balaban J connectivity index is 2.66. The maximum atomic E-state index is 11.6. The second-order valence-electron chi connectivity index (χ2n) is 3.24. The number of nitrogens with one attached hydrogen (secondary N) is 1. The molecule has 6 heteroatoms. The van der Waals surface area contributed by atoms with E-state index >= 15 is 0 Å². The molecule has 1 aromatic rings. The maximum absolute atomic E-state index is 11.6. The largest absolute Gasteiger partial charge is 0.399 e. The molecule has 1 atom stereocenters. The highest BCUT2D eigenvalue weighted by molar-refractivity contribution is 7.91. The Kier molecular flexibility index (Phi) is 2.17. The van der Waals surface area contributed by atoms with Gasteiger partial charge in [-0.25, -0.2) is 13.3 Å². The van der Waals surface area contributed by atoms with Gasteiger partial charge in [-0.3, -0.25) is 0 Å². The zero-order valence-electron chi connectivity index (χ0n) is 7.20. The van der Waals surface area contributed by atoms with Crippen LogP contribution in [0.1, 0.15) is 11.6 Å². The topological polar surface area (TPSA) is 72.2 Å². The number of benzene rings is 1. The first-order valence-corrected chi connectivity index (χ1v) is 6.06. The molecule has 1 aliphatic heterocycles. The van der Waals surface area contributed by atoms with E-state index in [1.807, 2.05) is 0 Å². The summed E-state index contributed by atoms with van der Waals surface area (Å²) >= 11 is 5.46. The highest BCUT2D eigenvalue weighted by Crippen LogP contribution is 2.34. The quantitative estimate of drug-likeness (QED) is 0.556. The number of rotatable bonds is 1. The summed E-state index contributed by atoms with van der Waals surface area (Å²) in [6.07, 6.45) is 0. The number of halogens is 1. The fourth-order valence-electron chi connectivity index (χ4n) is 1.60. The zero-order chi connectivity index (χ0) is 10.3. The molecule has 0 aliphatic carbocycles. The normalized spacial score (nSPS) is 23.4. The second kappa shape index (κ2) is 3.12. The van der Waals surface area contributed by atoms with Gasteiger partial charge in [-0.1, -0.05) is 6.07 Å². The van der Waals surface area contributed by atoms with Crippen molar-refractivity contribution in [3.63, 3.8) is 0 Å². The van der Waals surface area contributed by atoms with Crippen LogP contribution in [0.3, 0.4) is 0 Å². The van der Waals surface area contributed by atoms with Gasteiger partial charge in [0.25, 0.3) is 0 Å². The van der Waals surface area contributed by atoms with Gasteiger partial charge in [-0.2, -0.15) is 0 Å². The number of anilines is 1. The van der Waals surface area contributed by atoms with E-state index < -0.39 is 9.84 Å². The molecule has 2 rings (SSSR count). The van der Waals surface area contributed by atoms with Crippen molar-refractivity contribution in [1.29, 1.82) is 0 Å². The monoisotopic (exact) mass is 232 g/mol. The molecule has 0 radical (unpaired) electrons. The summed E-state index contributed by atoms with van der Waals surface area (Å²) in [7, 11) is -3.22. The van der Waals surface area contributed by atoms with Crippen molar-refractivity contribution < 1.29 is 8.42 Å². The first kappa shape index (κ1) is 9.76. The zero-order valence-corrected chi connectivity index (χ0v) is 8.77. The van der Waals surface area contributed by atoms with E-state index in [4.69, 9.17) is 17.5 Å². The van der Waals surface area contributed by atoms with E-state index in [-0.39, 0.29) is 16.7 Å². The lowest BCUT2D eigenvalue weighted by Crippen LogP contribution is -2.13. The fraction of sp³-hybridized carbons (Fsp3) is 0.250. The van der Waals surface area contributed by atoms with Crippen LogP contribution in [0.25, 0.3) is 0 Å². The Labute approximate surface area is 87.1 Å². The number of sulfone groups is 1. The highest BCUT2D eigenvalue weighted by Gasteiger charge is 2.34. The van der Waals surface area contributed by atoms with Crippen molar-refractivity contribution in [3.8, 4) is 0 Å². The van der Waals surface area contributed by atoms with Gasteiger partial charge < -0.3 is 5.73 Å². The van der Waals surface area contributed by atoms with Crippen LogP contribution in [0.2, 0.25) is 0 Å². The minimum atomic E-state index is -3.22. The van der Waals surface area contributed by atoms with Crippen LogP contribution in [0.15, 0.2) is 23.1 Å². The number of fused-ring (bicyclic) bond motifs is 1. The van der Waals surface area contributed by atoms with E-state index in [1.165, 1.54) is 6.07 Å². The number of hydrogen-bond acceptors (Lipinski definition) is 4. The molecule has 1 aliphatic rings. The third kappa shape index (κ3) is 1.37. The minimum Gasteiger partial charge on any atom is -0.399 e. The van der Waals surface area contributed by atoms with Crippen molar-refractivity contribution in [3.05, 3.63) is 23.8 Å². The second-order valence-corrected chi connectivity index (χ2v) is 5.46. The molecule has 0 bridgehead atoms.